The molecule has 0 aromatic carbocycles. The van der Waals surface area contributed by atoms with Crippen molar-refractivity contribution in [2.24, 2.45) is 11.3 Å². The molecule has 1 aliphatic carbocycles. The van der Waals surface area contributed by atoms with Crippen LogP contribution in [-0.4, -0.2) is 17.4 Å². The zero-order valence-electron chi connectivity index (χ0n) is 7.25. The molecule has 0 radical (unpaired) electrons. The Bertz CT molecular complexity index is 256. The molecule has 2 atom stereocenters. The van der Waals surface area contributed by atoms with Crippen LogP contribution in [0.3, 0.4) is 0 Å². The van der Waals surface area contributed by atoms with E-state index in [1.165, 1.54) is 0 Å². The molecule has 0 aliphatic heterocycles. The van der Waals surface area contributed by atoms with Crippen molar-refractivity contribution in [3.8, 4) is 0 Å². The first kappa shape index (κ1) is 9.95. The van der Waals surface area contributed by atoms with E-state index in [9.17, 15) is 13.6 Å². The summed E-state index contributed by atoms with van der Waals surface area (Å²) in [5.74, 6) is -0.506. The number of carbonyl (C=O) groups is 1. The van der Waals surface area contributed by atoms with E-state index in [1.54, 1.807) is 13.8 Å². The van der Waals surface area contributed by atoms with Crippen molar-refractivity contribution in [1.82, 2.24) is 0 Å². The van der Waals surface area contributed by atoms with E-state index in [0.29, 0.717) is 0 Å². The van der Waals surface area contributed by atoms with E-state index in [1.807, 2.05) is 0 Å². The highest BCUT2D eigenvalue weighted by Gasteiger charge is 2.60. The fourth-order valence-corrected chi connectivity index (χ4v) is 1.40. The van der Waals surface area contributed by atoms with Crippen LogP contribution in [-0.2, 0) is 4.74 Å². The lowest BCUT2D eigenvalue weighted by molar-refractivity contribution is 0.0731. The topological polar surface area (TPSA) is 46.5 Å². The van der Waals surface area contributed by atoms with E-state index >= 15 is 0 Å². The number of ether oxygens (including phenoxy) is 1. The van der Waals surface area contributed by atoms with Crippen LogP contribution in [0.25, 0.3) is 0 Å². The lowest BCUT2D eigenvalue weighted by Gasteiger charge is -1.99. The van der Waals surface area contributed by atoms with Gasteiger partial charge in [-0.25, -0.2) is 4.79 Å². The lowest BCUT2D eigenvalue weighted by atomic mass is 10.1. The van der Waals surface area contributed by atoms with Crippen LogP contribution in [0.4, 0.5) is 13.6 Å². The molecule has 0 saturated heterocycles. The molecule has 1 N–H and O–H groups in total. The van der Waals surface area contributed by atoms with Crippen molar-refractivity contribution < 1.29 is 23.4 Å². The largest absolute Gasteiger partial charge is 0.506 e. The minimum absolute atomic E-state index is 0.506. The lowest BCUT2D eigenvalue weighted by Crippen LogP contribution is -2.07. The number of hydrogen-bond acceptors (Lipinski definition) is 2. The molecule has 13 heavy (non-hydrogen) atoms. The van der Waals surface area contributed by atoms with Crippen molar-refractivity contribution in [3.05, 3.63) is 12.2 Å². The second-order valence-corrected chi connectivity index (χ2v) is 3.61. The Morgan fingerprint density at radius 3 is 2.46 bits per heavy atom. The molecular formula is C8H10F2O3. The monoisotopic (exact) mass is 192 g/mol. The van der Waals surface area contributed by atoms with Crippen LogP contribution in [0, 0.1) is 11.3 Å². The van der Waals surface area contributed by atoms with Gasteiger partial charge in [0.2, 0.25) is 0 Å². The summed E-state index contributed by atoms with van der Waals surface area (Å²) in [6, 6.07) is 0. The minimum Gasteiger partial charge on any atom is -0.450 e. The maximum absolute atomic E-state index is 11.8. The van der Waals surface area contributed by atoms with Gasteiger partial charge in [-0.05, 0) is 6.08 Å². The van der Waals surface area contributed by atoms with E-state index in [0.717, 1.165) is 6.08 Å². The SMILES string of the molecule is CC1(C)C(C=C(F)F)C1OC(=O)O. The highest BCUT2D eigenvalue weighted by molar-refractivity contribution is 5.58. The molecule has 1 saturated carbocycles. The number of rotatable bonds is 2. The van der Waals surface area contributed by atoms with Gasteiger partial charge in [0.05, 0.1) is 0 Å². The molecule has 2 unspecified atom stereocenters. The summed E-state index contributed by atoms with van der Waals surface area (Å²) in [6.07, 6.45) is -3.12. The zero-order chi connectivity index (χ0) is 10.2. The van der Waals surface area contributed by atoms with Crippen LogP contribution in [0.1, 0.15) is 13.8 Å². The zero-order valence-corrected chi connectivity index (χ0v) is 7.25. The fourth-order valence-electron chi connectivity index (χ4n) is 1.40. The quantitative estimate of drug-likeness (QED) is 0.683. The first-order valence-electron chi connectivity index (χ1n) is 3.78. The Kier molecular flexibility index (Phi) is 2.28. The Morgan fingerprint density at radius 2 is 2.08 bits per heavy atom. The van der Waals surface area contributed by atoms with Gasteiger partial charge < -0.3 is 9.84 Å². The van der Waals surface area contributed by atoms with Crippen LogP contribution < -0.4 is 0 Å². The Hall–Kier alpha value is -1.13. The van der Waals surface area contributed by atoms with Gasteiger partial charge in [0, 0.05) is 11.3 Å². The number of hydrogen-bond donors (Lipinski definition) is 1. The molecule has 1 rings (SSSR count). The third-order valence-electron chi connectivity index (χ3n) is 2.34. The van der Waals surface area contributed by atoms with Crippen LogP contribution in [0.5, 0.6) is 0 Å². The van der Waals surface area contributed by atoms with Crippen molar-refractivity contribution >= 4 is 6.16 Å². The molecule has 0 heterocycles. The molecule has 0 spiro atoms. The summed E-state index contributed by atoms with van der Waals surface area (Å²) in [5.41, 5.74) is -0.512. The first-order chi connectivity index (χ1) is 5.85. The van der Waals surface area contributed by atoms with Gasteiger partial charge >= 0.3 is 6.16 Å². The molecule has 1 fully saturated rings. The molecular weight excluding hydrogens is 182 g/mol. The Labute approximate surface area is 74.0 Å². The molecule has 0 bridgehead atoms. The Morgan fingerprint density at radius 1 is 1.54 bits per heavy atom. The fraction of sp³-hybridized carbons (Fsp3) is 0.625. The summed E-state index contributed by atoms with van der Waals surface area (Å²) >= 11 is 0. The van der Waals surface area contributed by atoms with Gasteiger partial charge in [-0.1, -0.05) is 13.8 Å². The van der Waals surface area contributed by atoms with Gasteiger partial charge in [0.25, 0.3) is 6.08 Å². The maximum atomic E-state index is 11.8. The Balaban J connectivity index is 2.61. The van der Waals surface area contributed by atoms with Gasteiger partial charge in [-0.2, -0.15) is 8.78 Å². The third-order valence-corrected chi connectivity index (χ3v) is 2.34. The average Bonchev–Trinajstić information content (AvgIpc) is 2.36. The number of halogens is 2. The van der Waals surface area contributed by atoms with E-state index in [4.69, 9.17) is 5.11 Å². The molecule has 74 valence electrons. The second-order valence-electron chi connectivity index (χ2n) is 3.61. The smallest absolute Gasteiger partial charge is 0.450 e. The van der Waals surface area contributed by atoms with Gasteiger partial charge in [-0.3, -0.25) is 0 Å². The van der Waals surface area contributed by atoms with Gasteiger partial charge in [-0.15, -0.1) is 0 Å². The second kappa shape index (κ2) is 2.97. The van der Waals surface area contributed by atoms with Gasteiger partial charge in [0.15, 0.2) is 0 Å². The summed E-state index contributed by atoms with van der Waals surface area (Å²) in [5, 5.41) is 8.28. The standard InChI is InChI=1S/C8H10F2O3/c1-8(2)4(3-5(9)10)6(8)13-7(11)12/h3-4,6H,1-2H3,(H,11,12). The summed E-state index contributed by atoms with van der Waals surface area (Å²) in [7, 11) is 0. The molecule has 0 amide bonds. The van der Waals surface area contributed by atoms with Crippen LogP contribution >= 0.6 is 0 Å². The van der Waals surface area contributed by atoms with E-state index in [-0.39, 0.29) is 0 Å². The van der Waals surface area contributed by atoms with Crippen LogP contribution in [0.15, 0.2) is 12.2 Å². The van der Waals surface area contributed by atoms with E-state index < -0.39 is 29.7 Å². The highest BCUT2D eigenvalue weighted by Crippen LogP contribution is 2.55. The summed E-state index contributed by atoms with van der Waals surface area (Å²) in [4.78, 5) is 10.1. The minimum atomic E-state index is -1.80. The predicted octanol–water partition coefficient (Wildman–Crippen LogP) is 2.49. The summed E-state index contributed by atoms with van der Waals surface area (Å²) < 4.78 is 28.1. The molecule has 0 aromatic heterocycles. The molecule has 5 heteroatoms. The number of carboxylic acid groups (broad SMARTS) is 1. The average molecular weight is 192 g/mol. The maximum Gasteiger partial charge on any atom is 0.506 e. The summed E-state index contributed by atoms with van der Waals surface area (Å²) in [6.45, 7) is 3.37. The predicted molar refractivity (Wildman–Crippen MR) is 40.5 cm³/mol. The van der Waals surface area contributed by atoms with Crippen molar-refractivity contribution in [2.45, 2.75) is 20.0 Å². The van der Waals surface area contributed by atoms with Gasteiger partial charge in [0.1, 0.15) is 6.10 Å². The molecule has 3 nitrogen and oxygen atoms in total. The molecule has 0 aromatic rings. The van der Waals surface area contributed by atoms with E-state index in [2.05, 4.69) is 4.74 Å². The molecule has 1 aliphatic rings. The highest BCUT2D eigenvalue weighted by atomic mass is 19.3. The van der Waals surface area contributed by atoms with Crippen LogP contribution in [0.2, 0.25) is 0 Å². The van der Waals surface area contributed by atoms with Crippen molar-refractivity contribution in [1.29, 1.82) is 0 Å². The third kappa shape index (κ3) is 1.96. The van der Waals surface area contributed by atoms with Crippen molar-refractivity contribution in [3.63, 3.8) is 0 Å². The normalized spacial score (nSPS) is 29.2. The first-order valence-corrected chi connectivity index (χ1v) is 3.78. The van der Waals surface area contributed by atoms with Crippen molar-refractivity contribution in [2.75, 3.05) is 0 Å².